The van der Waals surface area contributed by atoms with Crippen LogP contribution in [0.25, 0.3) is 0 Å². The molecule has 0 aliphatic rings. The largest absolute Gasteiger partial charge is 0.504 e. The number of aliphatic hydroxyl groups is 2. The molecule has 4 unspecified atom stereocenters. The number of phenols is 21. The fourth-order valence-electron chi connectivity index (χ4n) is 8.85. The van der Waals surface area contributed by atoms with E-state index in [4.69, 9.17) is 14.2 Å². The summed E-state index contributed by atoms with van der Waals surface area (Å²) in [7, 11) is 0. The molecule has 0 radical (unpaired) electrons. The van der Waals surface area contributed by atoms with E-state index in [1.54, 1.807) is 0 Å². The summed E-state index contributed by atoms with van der Waals surface area (Å²) in [6.07, 6.45) is -4.15. The molecular formula is C55H40O34. The van der Waals surface area contributed by atoms with E-state index in [1.165, 1.54) is 0 Å². The molecule has 0 aliphatic heterocycles. The normalized spacial score (nSPS) is 13.5. The molecule has 34 nitrogen and oxygen atoms in total. The average Bonchev–Trinajstić information content (AvgIpc) is 0.913. The molecule has 0 heterocycles. The number of ether oxygens (including phenoxy) is 3. The highest BCUT2D eigenvalue weighted by atomic mass is 16.7. The van der Waals surface area contributed by atoms with Gasteiger partial charge in [-0.05, 0) is 84.9 Å². The monoisotopic (exact) mass is 1240 g/mol. The van der Waals surface area contributed by atoms with Gasteiger partial charge in [0, 0.05) is 22.3 Å². The Morgan fingerprint density at radius 2 is 0.528 bits per heavy atom. The highest BCUT2D eigenvalue weighted by Gasteiger charge is 2.85. The van der Waals surface area contributed by atoms with Gasteiger partial charge < -0.3 is 132 Å². The van der Waals surface area contributed by atoms with Crippen LogP contribution in [-0.4, -0.2) is 194 Å². The second-order valence-electron chi connectivity index (χ2n) is 18.7. The van der Waals surface area contributed by atoms with E-state index in [0.29, 0.717) is 0 Å². The lowest BCUT2D eigenvalue weighted by Crippen LogP contribution is -2.85. The van der Waals surface area contributed by atoms with Gasteiger partial charge in [-0.3, -0.25) is 24.0 Å². The van der Waals surface area contributed by atoms with Crippen molar-refractivity contribution in [2.45, 2.75) is 22.9 Å². The van der Waals surface area contributed by atoms with E-state index >= 15 is 38.4 Å². The lowest BCUT2D eigenvalue weighted by atomic mass is 9.57. The number of phenolic OH excluding ortho intramolecular Hbond substituents is 21. The van der Waals surface area contributed by atoms with Crippen LogP contribution in [0.15, 0.2) is 84.9 Å². The van der Waals surface area contributed by atoms with Crippen LogP contribution in [0.3, 0.4) is 0 Å². The van der Waals surface area contributed by atoms with Gasteiger partial charge in [-0.2, -0.15) is 0 Å². The molecule has 7 aromatic carbocycles. The van der Waals surface area contributed by atoms with Crippen LogP contribution in [0.2, 0.25) is 0 Å². The van der Waals surface area contributed by atoms with Crippen LogP contribution in [0.5, 0.6) is 121 Å². The topological polar surface area (TPSA) is 630 Å². The lowest BCUT2D eigenvalue weighted by molar-refractivity contribution is -0.213. The van der Waals surface area contributed by atoms with Gasteiger partial charge in [-0.15, -0.1) is 0 Å². The Kier molecular flexibility index (Phi) is 16.4. The van der Waals surface area contributed by atoms with Gasteiger partial charge in [0.1, 0.15) is 6.10 Å². The first-order valence-electron chi connectivity index (χ1n) is 23.9. The average molecular weight is 1240 g/mol. The number of aliphatic hydroxyl groups excluding tert-OH is 2. The number of carbonyl (C=O) groups is 8. The predicted octanol–water partition coefficient (Wildman–Crippen LogP) is 1.05. The van der Waals surface area contributed by atoms with Crippen molar-refractivity contribution in [3.8, 4) is 121 Å². The van der Waals surface area contributed by atoms with E-state index < -0.39 is 236 Å². The number of hydrogen-bond donors (Lipinski definition) is 23. The molecule has 89 heavy (non-hydrogen) atoms. The zero-order chi connectivity index (χ0) is 66.6. The molecule has 0 aromatic heterocycles. The van der Waals surface area contributed by atoms with Crippen molar-refractivity contribution in [1.29, 1.82) is 0 Å². The highest BCUT2D eigenvalue weighted by molar-refractivity contribution is 6.53. The summed E-state index contributed by atoms with van der Waals surface area (Å²) in [4.78, 5) is 129. The molecule has 0 spiro atoms. The van der Waals surface area contributed by atoms with Crippen molar-refractivity contribution >= 4 is 46.8 Å². The van der Waals surface area contributed by atoms with Crippen molar-refractivity contribution in [2.24, 2.45) is 0 Å². The van der Waals surface area contributed by atoms with E-state index in [1.807, 2.05) is 0 Å². The maximum Gasteiger partial charge on any atom is 0.340 e. The van der Waals surface area contributed by atoms with Gasteiger partial charge in [0.05, 0.1) is 23.3 Å². The van der Waals surface area contributed by atoms with Crippen LogP contribution < -0.4 is 0 Å². The van der Waals surface area contributed by atoms with Crippen LogP contribution >= 0.6 is 0 Å². The van der Waals surface area contributed by atoms with E-state index in [2.05, 4.69) is 0 Å². The molecule has 464 valence electrons. The van der Waals surface area contributed by atoms with Crippen LogP contribution in [0.1, 0.15) is 72.5 Å². The van der Waals surface area contributed by atoms with E-state index in [9.17, 15) is 117 Å². The van der Waals surface area contributed by atoms with Gasteiger partial charge in [0.15, 0.2) is 121 Å². The second kappa shape index (κ2) is 22.9. The fraction of sp³-hybridized carbons (Fsp3) is 0.0909. The van der Waals surface area contributed by atoms with Crippen molar-refractivity contribution < 1.29 is 170 Å². The van der Waals surface area contributed by atoms with Gasteiger partial charge in [0.2, 0.25) is 23.1 Å². The summed E-state index contributed by atoms with van der Waals surface area (Å²) in [5.41, 5.74) is -29.9. The molecule has 0 saturated heterocycles. The summed E-state index contributed by atoms with van der Waals surface area (Å²) in [6.45, 7) is -2.54. The zero-order valence-corrected chi connectivity index (χ0v) is 43.6. The van der Waals surface area contributed by atoms with Crippen molar-refractivity contribution in [3.05, 3.63) is 124 Å². The number of esters is 3. The first kappa shape index (κ1) is 63.6. The van der Waals surface area contributed by atoms with Gasteiger partial charge in [0.25, 0.3) is 22.6 Å². The molecule has 4 atom stereocenters. The molecule has 0 saturated carbocycles. The standard InChI is InChI=1S/C55H40O34/c56-15-37(71)53(46(80)17-3-25(59)40(74)26(60)4-17,87-50(84)20-9-31(65)43(77)32(66)10-20)55(48(82)19-7-29(63)42(76)30(64)8-19,89-52(86)22-13-35(69)45(79)36(70)14-22)54(47(81)18-5-27(61)41(75)28(62)6-18,88-51(85)21-11-33(67)44(78)34(68)12-21)49(83)38(72)16-1-23(57)39(73)24(58)2-16/h1-14,37,56-71,73-79H,15H2. The minimum Gasteiger partial charge on any atom is -0.504 e. The first-order valence-corrected chi connectivity index (χ1v) is 23.9. The van der Waals surface area contributed by atoms with Crippen LogP contribution in [0.4, 0.5) is 0 Å². The van der Waals surface area contributed by atoms with Crippen LogP contribution in [-0.2, 0) is 19.0 Å². The van der Waals surface area contributed by atoms with E-state index in [-0.39, 0.29) is 84.9 Å². The molecule has 7 aromatic rings. The molecule has 0 aliphatic carbocycles. The zero-order valence-electron chi connectivity index (χ0n) is 43.6. The Bertz CT molecular complexity index is 4060. The maximum absolute atomic E-state index is 17.1. The number of carbonyl (C=O) groups excluding carboxylic acids is 8. The third-order valence-electron chi connectivity index (χ3n) is 13.2. The summed E-state index contributed by atoms with van der Waals surface area (Å²) in [5, 5.41) is 249. The summed E-state index contributed by atoms with van der Waals surface area (Å²) in [5.74, 6) is -58.5. The van der Waals surface area contributed by atoms with Gasteiger partial charge in [-0.1, -0.05) is 0 Å². The van der Waals surface area contributed by atoms with Crippen LogP contribution in [0, 0.1) is 0 Å². The third kappa shape index (κ3) is 10.4. The smallest absolute Gasteiger partial charge is 0.340 e. The molecule has 0 amide bonds. The first-order chi connectivity index (χ1) is 41.4. The maximum atomic E-state index is 17.1. The lowest BCUT2D eigenvalue weighted by Gasteiger charge is -2.54. The Balaban J connectivity index is 1.96. The fourth-order valence-corrected chi connectivity index (χ4v) is 8.85. The number of hydrogen-bond acceptors (Lipinski definition) is 34. The second-order valence-corrected chi connectivity index (χ2v) is 18.7. The number of aromatic hydroxyl groups is 21. The molecule has 34 heteroatoms. The minimum atomic E-state index is -6.03. The summed E-state index contributed by atoms with van der Waals surface area (Å²) < 4.78 is 17.0. The molecule has 0 bridgehead atoms. The minimum absolute atomic E-state index is 0.00745. The number of rotatable bonds is 19. The quantitative estimate of drug-likeness (QED) is 0.0134. The SMILES string of the molecule is O=C(OC(C(=O)C(=O)c1cc(O)c(O)c(O)c1)(C(=O)c1cc(O)c(O)c(O)c1)C(OC(=O)c1cc(O)c(O)c(O)c1)(C(=O)c1cc(O)c(O)c(O)c1)C(OC(=O)c1cc(O)c(O)c(O)c1)(C(=O)c1cc(O)c(O)c(O)c1)C(O)CO)c1cc(O)c(O)c(O)c1. The number of benzene rings is 7. The van der Waals surface area contributed by atoms with Gasteiger partial charge >= 0.3 is 17.9 Å². The Labute approximate surface area is 489 Å². The van der Waals surface area contributed by atoms with Crippen molar-refractivity contribution in [3.63, 3.8) is 0 Å². The number of Topliss-reactive ketones (excluding diaryl/α,β-unsaturated/α-hetero) is 5. The highest BCUT2D eigenvalue weighted by Crippen LogP contribution is 2.55. The van der Waals surface area contributed by atoms with Crippen molar-refractivity contribution in [1.82, 2.24) is 0 Å². The Hall–Kier alpha value is -13.0. The third-order valence-corrected chi connectivity index (χ3v) is 13.2. The summed E-state index contributed by atoms with van der Waals surface area (Å²) >= 11 is 0. The molecule has 23 N–H and O–H groups in total. The summed E-state index contributed by atoms with van der Waals surface area (Å²) in [6, 6.07) is -0.753. The Morgan fingerprint density at radius 1 is 0.303 bits per heavy atom. The molecule has 7 rings (SSSR count). The molecule has 0 fully saturated rings. The van der Waals surface area contributed by atoms with Crippen molar-refractivity contribution in [2.75, 3.05) is 6.61 Å². The Morgan fingerprint density at radius 3 is 0.809 bits per heavy atom. The van der Waals surface area contributed by atoms with E-state index in [0.717, 1.165) is 0 Å². The van der Waals surface area contributed by atoms with Gasteiger partial charge in [-0.25, -0.2) is 14.4 Å². The predicted molar refractivity (Wildman–Crippen MR) is 280 cm³/mol. The number of ketones is 5. The molecular weight excluding hydrogens is 1200 g/mol.